The Hall–Kier alpha value is -2.49. The largest absolute Gasteiger partial charge is 0.494 e. The lowest BCUT2D eigenvalue weighted by molar-refractivity contribution is -0.128. The molecular formula is C20H26N2O2. The van der Waals surface area contributed by atoms with E-state index in [1.807, 2.05) is 61.6 Å². The van der Waals surface area contributed by atoms with Crippen molar-refractivity contribution >= 4 is 11.6 Å². The van der Waals surface area contributed by atoms with Crippen LogP contribution in [0.2, 0.25) is 0 Å². The fourth-order valence-electron chi connectivity index (χ4n) is 2.29. The summed E-state index contributed by atoms with van der Waals surface area (Å²) in [6.07, 6.45) is 2.15. The Bertz CT molecular complexity index is 629. The maximum absolute atomic E-state index is 12.2. The van der Waals surface area contributed by atoms with Crippen molar-refractivity contribution in [3.05, 3.63) is 60.2 Å². The molecule has 0 radical (unpaired) electrons. The molecule has 1 amide bonds. The molecule has 0 aliphatic carbocycles. The van der Waals surface area contributed by atoms with Crippen LogP contribution < -0.4 is 10.1 Å². The molecule has 128 valence electrons. The van der Waals surface area contributed by atoms with Crippen molar-refractivity contribution in [2.24, 2.45) is 0 Å². The highest BCUT2D eigenvalue weighted by molar-refractivity contribution is 5.80. The number of benzene rings is 2. The quantitative estimate of drug-likeness (QED) is 0.710. The van der Waals surface area contributed by atoms with E-state index in [2.05, 4.69) is 12.2 Å². The average Bonchev–Trinajstić information content (AvgIpc) is 2.61. The van der Waals surface area contributed by atoms with Gasteiger partial charge in [0.1, 0.15) is 5.75 Å². The van der Waals surface area contributed by atoms with Gasteiger partial charge in [0.05, 0.1) is 13.2 Å². The van der Waals surface area contributed by atoms with Gasteiger partial charge in [0.2, 0.25) is 5.91 Å². The SMILES string of the molecule is CCCCOc1cccc(NCC(=O)N(C)Cc2ccccc2)c1. The maximum atomic E-state index is 12.2. The Morgan fingerprint density at radius 2 is 1.92 bits per heavy atom. The molecule has 24 heavy (non-hydrogen) atoms. The summed E-state index contributed by atoms with van der Waals surface area (Å²) in [6.45, 7) is 3.74. The van der Waals surface area contributed by atoms with Gasteiger partial charge in [-0.15, -0.1) is 0 Å². The topological polar surface area (TPSA) is 41.6 Å². The summed E-state index contributed by atoms with van der Waals surface area (Å²) < 4.78 is 5.68. The van der Waals surface area contributed by atoms with Crippen molar-refractivity contribution in [2.75, 3.05) is 25.5 Å². The molecule has 0 atom stereocenters. The van der Waals surface area contributed by atoms with E-state index in [0.29, 0.717) is 6.54 Å². The summed E-state index contributed by atoms with van der Waals surface area (Å²) in [5, 5.41) is 3.17. The molecule has 1 N–H and O–H groups in total. The molecular weight excluding hydrogens is 300 g/mol. The molecule has 0 spiro atoms. The third-order valence-electron chi connectivity index (χ3n) is 3.73. The Balaban J connectivity index is 1.81. The number of anilines is 1. The molecule has 4 nitrogen and oxygen atoms in total. The fraction of sp³-hybridized carbons (Fsp3) is 0.350. The molecule has 0 saturated carbocycles. The van der Waals surface area contributed by atoms with Gasteiger partial charge in [-0.2, -0.15) is 0 Å². The van der Waals surface area contributed by atoms with E-state index < -0.39 is 0 Å². The Kier molecular flexibility index (Phi) is 7.15. The number of hydrogen-bond acceptors (Lipinski definition) is 3. The molecule has 0 aliphatic heterocycles. The second-order valence-electron chi connectivity index (χ2n) is 5.82. The van der Waals surface area contributed by atoms with E-state index >= 15 is 0 Å². The van der Waals surface area contributed by atoms with Crippen LogP contribution in [-0.2, 0) is 11.3 Å². The Morgan fingerprint density at radius 1 is 1.12 bits per heavy atom. The number of hydrogen-bond donors (Lipinski definition) is 1. The van der Waals surface area contributed by atoms with Gasteiger partial charge in [-0.25, -0.2) is 0 Å². The van der Waals surface area contributed by atoms with Crippen molar-refractivity contribution in [3.8, 4) is 5.75 Å². The van der Waals surface area contributed by atoms with Crippen LogP contribution in [0.5, 0.6) is 5.75 Å². The Labute approximate surface area is 144 Å². The van der Waals surface area contributed by atoms with Gasteiger partial charge in [-0.05, 0) is 24.1 Å². The third kappa shape index (κ3) is 5.95. The predicted molar refractivity (Wildman–Crippen MR) is 98.3 cm³/mol. The minimum Gasteiger partial charge on any atom is -0.494 e. The molecule has 2 aromatic rings. The molecule has 0 fully saturated rings. The van der Waals surface area contributed by atoms with E-state index in [-0.39, 0.29) is 12.5 Å². The number of unbranched alkanes of at least 4 members (excludes halogenated alkanes) is 1. The van der Waals surface area contributed by atoms with Crippen LogP contribution in [-0.4, -0.2) is 31.0 Å². The number of carbonyl (C=O) groups excluding carboxylic acids is 1. The summed E-state index contributed by atoms with van der Waals surface area (Å²) in [5.74, 6) is 0.884. The standard InChI is InChI=1S/C20H26N2O2/c1-3-4-13-24-19-12-8-11-18(14-19)21-15-20(23)22(2)16-17-9-6-5-7-10-17/h5-12,14,21H,3-4,13,15-16H2,1-2H3. The van der Waals surface area contributed by atoms with Gasteiger partial charge in [0, 0.05) is 25.3 Å². The van der Waals surface area contributed by atoms with Crippen LogP contribution in [0, 0.1) is 0 Å². The van der Waals surface area contributed by atoms with E-state index in [4.69, 9.17) is 4.74 Å². The smallest absolute Gasteiger partial charge is 0.241 e. The first-order chi connectivity index (χ1) is 11.7. The normalized spacial score (nSPS) is 10.2. The number of nitrogens with one attached hydrogen (secondary N) is 1. The molecule has 2 aromatic carbocycles. The van der Waals surface area contributed by atoms with E-state index in [9.17, 15) is 4.79 Å². The molecule has 0 bridgehead atoms. The summed E-state index contributed by atoms with van der Waals surface area (Å²) in [6, 6.07) is 17.7. The summed E-state index contributed by atoms with van der Waals surface area (Å²) in [7, 11) is 1.82. The maximum Gasteiger partial charge on any atom is 0.241 e. The van der Waals surface area contributed by atoms with Gasteiger partial charge in [0.15, 0.2) is 0 Å². The van der Waals surface area contributed by atoms with E-state index in [1.54, 1.807) is 4.90 Å². The van der Waals surface area contributed by atoms with Gasteiger partial charge >= 0.3 is 0 Å². The van der Waals surface area contributed by atoms with Crippen molar-refractivity contribution < 1.29 is 9.53 Å². The van der Waals surface area contributed by atoms with Crippen LogP contribution in [0.1, 0.15) is 25.3 Å². The molecule has 0 aliphatic rings. The van der Waals surface area contributed by atoms with Gasteiger partial charge in [-0.3, -0.25) is 4.79 Å². The predicted octanol–water partition coefficient (Wildman–Crippen LogP) is 3.94. The van der Waals surface area contributed by atoms with Crippen molar-refractivity contribution in [2.45, 2.75) is 26.3 Å². The third-order valence-corrected chi connectivity index (χ3v) is 3.73. The number of likely N-dealkylation sites (N-methyl/N-ethyl adjacent to an activating group) is 1. The summed E-state index contributed by atoms with van der Waals surface area (Å²) >= 11 is 0. The second kappa shape index (κ2) is 9.60. The molecule has 0 unspecified atom stereocenters. The minimum atomic E-state index is 0.0520. The number of nitrogens with zero attached hydrogens (tertiary/aromatic N) is 1. The first-order valence-corrected chi connectivity index (χ1v) is 8.43. The highest BCUT2D eigenvalue weighted by atomic mass is 16.5. The van der Waals surface area contributed by atoms with Crippen molar-refractivity contribution in [1.29, 1.82) is 0 Å². The van der Waals surface area contributed by atoms with E-state index in [1.165, 1.54) is 0 Å². The highest BCUT2D eigenvalue weighted by Gasteiger charge is 2.09. The molecule has 2 rings (SSSR count). The van der Waals surface area contributed by atoms with Crippen LogP contribution >= 0.6 is 0 Å². The van der Waals surface area contributed by atoms with Gasteiger partial charge in [-0.1, -0.05) is 49.7 Å². The average molecular weight is 326 g/mol. The summed E-state index contributed by atoms with van der Waals surface area (Å²) in [4.78, 5) is 14.0. The zero-order valence-electron chi connectivity index (χ0n) is 14.5. The highest BCUT2D eigenvalue weighted by Crippen LogP contribution is 2.17. The van der Waals surface area contributed by atoms with Crippen molar-refractivity contribution in [1.82, 2.24) is 4.90 Å². The van der Waals surface area contributed by atoms with Crippen LogP contribution in [0.25, 0.3) is 0 Å². The molecule has 0 aromatic heterocycles. The zero-order chi connectivity index (χ0) is 17.2. The minimum absolute atomic E-state index is 0.0520. The van der Waals surface area contributed by atoms with Gasteiger partial charge in [0.25, 0.3) is 0 Å². The molecule has 0 heterocycles. The number of rotatable bonds is 9. The Morgan fingerprint density at radius 3 is 2.67 bits per heavy atom. The number of carbonyl (C=O) groups is 1. The van der Waals surface area contributed by atoms with Crippen LogP contribution in [0.4, 0.5) is 5.69 Å². The lowest BCUT2D eigenvalue weighted by atomic mass is 10.2. The fourth-order valence-corrected chi connectivity index (χ4v) is 2.29. The van der Waals surface area contributed by atoms with E-state index in [0.717, 1.165) is 36.4 Å². The van der Waals surface area contributed by atoms with Crippen LogP contribution in [0.3, 0.4) is 0 Å². The first kappa shape index (κ1) is 17.9. The number of ether oxygens (including phenoxy) is 1. The monoisotopic (exact) mass is 326 g/mol. The zero-order valence-corrected chi connectivity index (χ0v) is 14.5. The number of amides is 1. The first-order valence-electron chi connectivity index (χ1n) is 8.43. The van der Waals surface area contributed by atoms with Gasteiger partial charge < -0.3 is 15.0 Å². The lowest BCUT2D eigenvalue weighted by Crippen LogP contribution is -2.31. The summed E-state index contributed by atoms with van der Waals surface area (Å²) in [5.41, 5.74) is 2.02. The lowest BCUT2D eigenvalue weighted by Gasteiger charge is -2.18. The van der Waals surface area contributed by atoms with Crippen molar-refractivity contribution in [3.63, 3.8) is 0 Å². The van der Waals surface area contributed by atoms with Crippen LogP contribution in [0.15, 0.2) is 54.6 Å². The molecule has 0 saturated heterocycles. The molecule has 4 heteroatoms. The second-order valence-corrected chi connectivity index (χ2v) is 5.82.